The van der Waals surface area contributed by atoms with E-state index in [4.69, 9.17) is 4.74 Å². The van der Waals surface area contributed by atoms with Gasteiger partial charge in [-0.25, -0.2) is 0 Å². The zero-order valence-electron chi connectivity index (χ0n) is 13.1. The van der Waals surface area contributed by atoms with Gasteiger partial charge < -0.3 is 15.2 Å². The van der Waals surface area contributed by atoms with Gasteiger partial charge >= 0.3 is 0 Å². The smallest absolute Gasteiger partial charge is 0.119 e. The fourth-order valence-corrected chi connectivity index (χ4v) is 1.96. The molecule has 0 saturated carbocycles. The van der Waals surface area contributed by atoms with Gasteiger partial charge in [0.1, 0.15) is 12.4 Å². The molecule has 0 spiro atoms. The maximum absolute atomic E-state index is 9.49. The zero-order chi connectivity index (χ0) is 14.8. The lowest BCUT2D eigenvalue weighted by Gasteiger charge is -2.28. The molecule has 0 amide bonds. The summed E-state index contributed by atoms with van der Waals surface area (Å²) in [5.41, 5.74) is 0.977. The number of hydrogen-bond donors (Lipinski definition) is 2. The van der Waals surface area contributed by atoms with Gasteiger partial charge in [-0.05, 0) is 50.4 Å². The number of hydrogen-bond acceptors (Lipinski definition) is 3. The van der Waals surface area contributed by atoms with Crippen LogP contribution in [-0.4, -0.2) is 30.4 Å². The summed E-state index contributed by atoms with van der Waals surface area (Å²) in [6.45, 7) is 7.73. The van der Waals surface area contributed by atoms with Gasteiger partial charge in [-0.15, -0.1) is 0 Å². The number of unbranched alkanes of at least 4 members (excludes halogenated alkanes) is 1. The van der Waals surface area contributed by atoms with Gasteiger partial charge in [0.2, 0.25) is 0 Å². The van der Waals surface area contributed by atoms with Crippen LogP contribution in [0.1, 0.15) is 45.6 Å². The molecule has 1 aromatic carbocycles. The lowest BCUT2D eigenvalue weighted by Crippen LogP contribution is -2.50. The SMILES string of the molecule is CCCCc1ccc(OCC(C)(CO)NCCC)cc1. The quantitative estimate of drug-likeness (QED) is 0.691. The van der Waals surface area contributed by atoms with Gasteiger partial charge in [0.15, 0.2) is 0 Å². The van der Waals surface area contributed by atoms with Crippen molar-refractivity contribution >= 4 is 0 Å². The highest BCUT2D eigenvalue weighted by Gasteiger charge is 2.23. The van der Waals surface area contributed by atoms with Crippen LogP contribution in [0, 0.1) is 0 Å². The van der Waals surface area contributed by atoms with Crippen molar-refractivity contribution in [3.05, 3.63) is 29.8 Å². The van der Waals surface area contributed by atoms with E-state index in [-0.39, 0.29) is 12.1 Å². The molecular formula is C17H29NO2. The van der Waals surface area contributed by atoms with Gasteiger partial charge in [0, 0.05) is 0 Å². The Bertz CT molecular complexity index is 364. The third kappa shape index (κ3) is 5.93. The summed E-state index contributed by atoms with van der Waals surface area (Å²) in [5.74, 6) is 0.864. The number of nitrogens with one attached hydrogen (secondary N) is 1. The van der Waals surface area contributed by atoms with E-state index in [2.05, 4.69) is 31.3 Å². The lowest BCUT2D eigenvalue weighted by atomic mass is 10.1. The van der Waals surface area contributed by atoms with E-state index in [1.165, 1.54) is 18.4 Å². The average Bonchev–Trinajstić information content (AvgIpc) is 2.50. The van der Waals surface area contributed by atoms with Crippen LogP contribution in [-0.2, 0) is 6.42 Å². The number of aryl methyl sites for hydroxylation is 1. The molecule has 0 fully saturated rings. The molecular weight excluding hydrogens is 250 g/mol. The first-order valence-electron chi connectivity index (χ1n) is 7.71. The summed E-state index contributed by atoms with van der Waals surface area (Å²) in [7, 11) is 0. The monoisotopic (exact) mass is 279 g/mol. The molecule has 3 nitrogen and oxygen atoms in total. The number of benzene rings is 1. The Hall–Kier alpha value is -1.06. The Morgan fingerprint density at radius 2 is 1.85 bits per heavy atom. The highest BCUT2D eigenvalue weighted by Crippen LogP contribution is 2.15. The summed E-state index contributed by atoms with van der Waals surface area (Å²) in [6.07, 6.45) is 4.62. The molecule has 0 aromatic heterocycles. The average molecular weight is 279 g/mol. The molecule has 0 heterocycles. The second-order valence-electron chi connectivity index (χ2n) is 5.68. The molecule has 2 N–H and O–H groups in total. The molecule has 0 aliphatic heterocycles. The van der Waals surface area contributed by atoms with Crippen molar-refractivity contribution in [2.45, 2.75) is 52.0 Å². The third-order valence-electron chi connectivity index (χ3n) is 3.45. The maximum atomic E-state index is 9.49. The van der Waals surface area contributed by atoms with E-state index in [0.717, 1.165) is 25.1 Å². The highest BCUT2D eigenvalue weighted by atomic mass is 16.5. The molecule has 1 atom stereocenters. The van der Waals surface area contributed by atoms with E-state index >= 15 is 0 Å². The molecule has 0 aliphatic carbocycles. The van der Waals surface area contributed by atoms with Crippen LogP contribution < -0.4 is 10.1 Å². The molecule has 0 bridgehead atoms. The van der Waals surface area contributed by atoms with Crippen LogP contribution in [0.25, 0.3) is 0 Å². The van der Waals surface area contributed by atoms with Gasteiger partial charge in [0.05, 0.1) is 12.1 Å². The molecule has 114 valence electrons. The Morgan fingerprint density at radius 3 is 2.40 bits per heavy atom. The van der Waals surface area contributed by atoms with E-state index in [0.29, 0.717) is 6.61 Å². The largest absolute Gasteiger partial charge is 0.492 e. The Kier molecular flexibility index (Phi) is 7.63. The first-order valence-corrected chi connectivity index (χ1v) is 7.71. The van der Waals surface area contributed by atoms with Gasteiger partial charge in [-0.1, -0.05) is 32.4 Å². The minimum absolute atomic E-state index is 0.0710. The number of aliphatic hydroxyl groups excluding tert-OH is 1. The van der Waals surface area contributed by atoms with Crippen LogP contribution in [0.5, 0.6) is 5.75 Å². The third-order valence-corrected chi connectivity index (χ3v) is 3.45. The van der Waals surface area contributed by atoms with E-state index in [1.807, 2.05) is 19.1 Å². The first kappa shape index (κ1) is 17.0. The van der Waals surface area contributed by atoms with Crippen LogP contribution in [0.4, 0.5) is 0 Å². The first-order chi connectivity index (χ1) is 9.63. The number of ether oxygens (including phenoxy) is 1. The van der Waals surface area contributed by atoms with Crippen molar-refractivity contribution in [1.29, 1.82) is 0 Å². The second kappa shape index (κ2) is 8.98. The maximum Gasteiger partial charge on any atom is 0.119 e. The Balaban J connectivity index is 2.47. The van der Waals surface area contributed by atoms with Gasteiger partial charge in [-0.3, -0.25) is 0 Å². The molecule has 3 heteroatoms. The molecule has 0 aliphatic rings. The Labute approximate surface area is 123 Å². The van der Waals surface area contributed by atoms with Gasteiger partial charge in [0.25, 0.3) is 0 Å². The van der Waals surface area contributed by atoms with Crippen LogP contribution in [0.15, 0.2) is 24.3 Å². The molecule has 1 rings (SSSR count). The standard InChI is InChI=1S/C17H29NO2/c1-4-6-7-15-8-10-16(11-9-15)20-14-17(3,13-19)18-12-5-2/h8-11,18-19H,4-7,12-14H2,1-3H3. The fraction of sp³-hybridized carbons (Fsp3) is 0.647. The number of rotatable bonds is 10. The summed E-state index contributed by atoms with van der Waals surface area (Å²) >= 11 is 0. The lowest BCUT2D eigenvalue weighted by molar-refractivity contribution is 0.116. The molecule has 1 unspecified atom stereocenters. The van der Waals surface area contributed by atoms with Crippen molar-refractivity contribution < 1.29 is 9.84 Å². The van der Waals surface area contributed by atoms with Crippen LogP contribution in [0.3, 0.4) is 0 Å². The van der Waals surface area contributed by atoms with E-state index in [9.17, 15) is 5.11 Å². The summed E-state index contributed by atoms with van der Waals surface area (Å²) in [5, 5.41) is 12.8. The van der Waals surface area contributed by atoms with Crippen molar-refractivity contribution in [3.8, 4) is 5.75 Å². The van der Waals surface area contributed by atoms with E-state index < -0.39 is 0 Å². The predicted molar refractivity (Wildman–Crippen MR) is 84.3 cm³/mol. The van der Waals surface area contributed by atoms with Crippen molar-refractivity contribution in [2.24, 2.45) is 0 Å². The van der Waals surface area contributed by atoms with Crippen molar-refractivity contribution in [1.82, 2.24) is 5.32 Å². The summed E-state index contributed by atoms with van der Waals surface area (Å²) in [4.78, 5) is 0. The number of aliphatic hydroxyl groups is 1. The molecule has 0 radical (unpaired) electrons. The van der Waals surface area contributed by atoms with Gasteiger partial charge in [-0.2, -0.15) is 0 Å². The van der Waals surface area contributed by atoms with Crippen LogP contribution in [0.2, 0.25) is 0 Å². The fourth-order valence-electron chi connectivity index (χ4n) is 1.96. The summed E-state index contributed by atoms with van der Waals surface area (Å²) < 4.78 is 5.80. The topological polar surface area (TPSA) is 41.5 Å². The van der Waals surface area contributed by atoms with E-state index in [1.54, 1.807) is 0 Å². The van der Waals surface area contributed by atoms with Crippen molar-refractivity contribution in [2.75, 3.05) is 19.8 Å². The molecule has 20 heavy (non-hydrogen) atoms. The predicted octanol–water partition coefficient (Wildman–Crippen LogP) is 3.16. The molecule has 0 saturated heterocycles. The molecule has 1 aromatic rings. The highest BCUT2D eigenvalue weighted by molar-refractivity contribution is 5.27. The normalized spacial score (nSPS) is 14.0. The Morgan fingerprint density at radius 1 is 1.15 bits per heavy atom. The minimum atomic E-state index is -0.378. The zero-order valence-corrected chi connectivity index (χ0v) is 13.1. The van der Waals surface area contributed by atoms with Crippen molar-refractivity contribution in [3.63, 3.8) is 0 Å². The second-order valence-corrected chi connectivity index (χ2v) is 5.68. The minimum Gasteiger partial charge on any atom is -0.492 e. The van der Waals surface area contributed by atoms with Crippen LogP contribution >= 0.6 is 0 Å². The summed E-state index contributed by atoms with van der Waals surface area (Å²) in [6, 6.07) is 8.28.